The molecule has 0 radical (unpaired) electrons. The molecule has 0 saturated heterocycles. The maximum atomic E-state index is 5.17. The second-order valence-corrected chi connectivity index (χ2v) is 3.69. The Bertz CT molecular complexity index is 660. The van der Waals surface area contributed by atoms with Crippen molar-refractivity contribution in [3.05, 3.63) is 49.1 Å². The summed E-state index contributed by atoms with van der Waals surface area (Å²) in [6, 6.07) is 9.92. The Kier molecular flexibility index (Phi) is 2.26. The first kappa shape index (κ1) is 9.84. The molecule has 0 aliphatic heterocycles. The van der Waals surface area contributed by atoms with E-state index in [1.54, 1.807) is 25.8 Å². The number of methoxy groups -OCH3 is 1. The number of hydrogen-bond donors (Lipinski definition) is 0. The molecule has 0 bridgehead atoms. The van der Waals surface area contributed by atoms with E-state index >= 15 is 0 Å². The zero-order chi connectivity index (χ0) is 11.7. The molecule has 0 amide bonds. The fraction of sp³-hybridized carbons (Fsp3) is 0.0769. The lowest BCUT2D eigenvalue weighted by molar-refractivity contribution is 0.412. The van der Waals surface area contributed by atoms with Crippen molar-refractivity contribution in [1.29, 1.82) is 0 Å². The van der Waals surface area contributed by atoms with Crippen LogP contribution >= 0.6 is 0 Å². The summed E-state index contributed by atoms with van der Waals surface area (Å²) in [5.41, 5.74) is 2.97. The Balaban J connectivity index is 2.20. The average molecular weight is 225 g/mol. The van der Waals surface area contributed by atoms with Gasteiger partial charge < -0.3 is 4.74 Å². The number of ether oxygens (including phenoxy) is 1. The topological polar surface area (TPSA) is 39.9 Å². The second kappa shape index (κ2) is 3.90. The molecular weight excluding hydrogens is 214 g/mol. The zero-order valence-electron chi connectivity index (χ0n) is 9.37. The van der Waals surface area contributed by atoms with E-state index in [-0.39, 0.29) is 0 Å². The third-order valence-electron chi connectivity index (χ3n) is 2.67. The van der Waals surface area contributed by atoms with Gasteiger partial charge in [0, 0.05) is 6.07 Å². The van der Waals surface area contributed by atoms with E-state index in [2.05, 4.69) is 9.97 Å². The van der Waals surface area contributed by atoms with Gasteiger partial charge in [-0.2, -0.15) is 0 Å². The van der Waals surface area contributed by atoms with Crippen LogP contribution in [0.2, 0.25) is 0 Å². The van der Waals surface area contributed by atoms with E-state index in [4.69, 9.17) is 4.74 Å². The Labute approximate surface area is 98.5 Å². The second-order valence-electron chi connectivity index (χ2n) is 3.69. The summed E-state index contributed by atoms with van der Waals surface area (Å²) in [6.07, 6.45) is 5.26. The van der Waals surface area contributed by atoms with Gasteiger partial charge in [0.2, 0.25) is 0 Å². The van der Waals surface area contributed by atoms with Crippen LogP contribution in [0.4, 0.5) is 0 Å². The van der Waals surface area contributed by atoms with Crippen LogP contribution in [-0.4, -0.2) is 21.6 Å². The first-order valence-corrected chi connectivity index (χ1v) is 5.30. The van der Waals surface area contributed by atoms with Gasteiger partial charge in [-0.25, -0.2) is 4.98 Å². The average Bonchev–Trinajstić information content (AvgIpc) is 2.82. The number of pyridine rings is 1. The fourth-order valence-corrected chi connectivity index (χ4v) is 1.82. The van der Waals surface area contributed by atoms with Gasteiger partial charge in [-0.05, 0) is 12.1 Å². The van der Waals surface area contributed by atoms with Crippen molar-refractivity contribution >= 4 is 11.0 Å². The van der Waals surface area contributed by atoms with Gasteiger partial charge in [-0.1, -0.05) is 12.1 Å². The van der Waals surface area contributed by atoms with Gasteiger partial charge in [0.25, 0.3) is 0 Å². The molecule has 0 aliphatic carbocycles. The van der Waals surface area contributed by atoms with E-state index in [0.29, 0.717) is 0 Å². The minimum Gasteiger partial charge on any atom is -0.495 e. The Morgan fingerprint density at radius 1 is 1.18 bits per heavy atom. The molecule has 0 atom stereocenters. The molecule has 0 spiro atoms. The molecular formula is C13H11N3O. The summed E-state index contributed by atoms with van der Waals surface area (Å²) in [7, 11) is 1.63. The quantitative estimate of drug-likeness (QED) is 0.672. The van der Waals surface area contributed by atoms with Crippen molar-refractivity contribution in [2.45, 2.75) is 0 Å². The number of aromatic nitrogens is 3. The molecule has 3 aromatic rings. The van der Waals surface area contributed by atoms with Crippen LogP contribution in [0.3, 0.4) is 0 Å². The minimum atomic E-state index is 0.736. The van der Waals surface area contributed by atoms with Crippen molar-refractivity contribution < 1.29 is 4.74 Å². The number of para-hydroxylation sites is 2. The molecule has 1 aromatic carbocycles. The highest BCUT2D eigenvalue weighted by atomic mass is 16.5. The zero-order valence-corrected chi connectivity index (χ0v) is 9.37. The standard InChI is InChI=1S/C13H11N3O/c1-17-11-6-10(7-14-8-11)16-9-15-12-4-2-3-5-13(12)16/h2-9H,1H3. The van der Waals surface area contributed by atoms with E-state index < -0.39 is 0 Å². The number of rotatable bonds is 2. The highest BCUT2D eigenvalue weighted by molar-refractivity contribution is 5.77. The predicted octanol–water partition coefficient (Wildman–Crippen LogP) is 2.43. The number of fused-ring (bicyclic) bond motifs is 1. The SMILES string of the molecule is COc1cncc(-n2cnc3ccccc32)c1. The smallest absolute Gasteiger partial charge is 0.139 e. The van der Waals surface area contributed by atoms with Crippen molar-refractivity contribution in [2.24, 2.45) is 0 Å². The van der Waals surface area contributed by atoms with Crippen molar-refractivity contribution in [2.75, 3.05) is 7.11 Å². The van der Waals surface area contributed by atoms with Crippen LogP contribution in [0.1, 0.15) is 0 Å². The summed E-state index contributed by atoms with van der Waals surface area (Å²) in [4.78, 5) is 8.49. The summed E-state index contributed by atoms with van der Waals surface area (Å²) >= 11 is 0. The number of imidazole rings is 1. The van der Waals surface area contributed by atoms with Gasteiger partial charge in [0.05, 0.1) is 36.2 Å². The Morgan fingerprint density at radius 2 is 2.06 bits per heavy atom. The molecule has 0 saturated carbocycles. The van der Waals surface area contributed by atoms with Gasteiger partial charge in [0.15, 0.2) is 0 Å². The number of benzene rings is 1. The summed E-state index contributed by atoms with van der Waals surface area (Å²) in [5.74, 6) is 0.736. The maximum Gasteiger partial charge on any atom is 0.139 e. The van der Waals surface area contributed by atoms with Crippen molar-refractivity contribution in [1.82, 2.24) is 14.5 Å². The molecule has 0 aliphatic rings. The van der Waals surface area contributed by atoms with Gasteiger partial charge in [0.1, 0.15) is 12.1 Å². The van der Waals surface area contributed by atoms with Crippen LogP contribution in [0, 0.1) is 0 Å². The van der Waals surface area contributed by atoms with E-state index in [9.17, 15) is 0 Å². The molecule has 17 heavy (non-hydrogen) atoms. The minimum absolute atomic E-state index is 0.736. The van der Waals surface area contributed by atoms with Crippen LogP contribution in [-0.2, 0) is 0 Å². The van der Waals surface area contributed by atoms with Crippen molar-refractivity contribution in [3.63, 3.8) is 0 Å². The van der Waals surface area contributed by atoms with Gasteiger partial charge in [-0.3, -0.25) is 9.55 Å². The molecule has 0 N–H and O–H groups in total. The third kappa shape index (κ3) is 1.63. The lowest BCUT2D eigenvalue weighted by atomic mass is 10.3. The highest BCUT2D eigenvalue weighted by Crippen LogP contribution is 2.19. The lowest BCUT2D eigenvalue weighted by Crippen LogP contribution is -1.94. The largest absolute Gasteiger partial charge is 0.495 e. The van der Waals surface area contributed by atoms with Gasteiger partial charge in [-0.15, -0.1) is 0 Å². The van der Waals surface area contributed by atoms with E-state index in [0.717, 1.165) is 22.5 Å². The molecule has 0 fully saturated rings. The fourth-order valence-electron chi connectivity index (χ4n) is 1.82. The first-order valence-electron chi connectivity index (χ1n) is 5.30. The molecule has 3 rings (SSSR count). The van der Waals surface area contributed by atoms with Crippen molar-refractivity contribution in [3.8, 4) is 11.4 Å². The Hall–Kier alpha value is -2.36. The van der Waals surface area contributed by atoms with Crippen LogP contribution in [0.5, 0.6) is 5.75 Å². The molecule has 2 heterocycles. The van der Waals surface area contributed by atoms with Crippen LogP contribution < -0.4 is 4.74 Å². The normalized spacial score (nSPS) is 10.6. The summed E-state index contributed by atoms with van der Waals surface area (Å²) < 4.78 is 7.16. The molecule has 4 heteroatoms. The summed E-state index contributed by atoms with van der Waals surface area (Å²) in [5, 5.41) is 0. The van der Waals surface area contributed by atoms with Crippen LogP contribution in [0.15, 0.2) is 49.1 Å². The van der Waals surface area contributed by atoms with E-state index in [1.807, 2.05) is 34.9 Å². The number of nitrogens with zero attached hydrogens (tertiary/aromatic N) is 3. The maximum absolute atomic E-state index is 5.17. The van der Waals surface area contributed by atoms with Crippen LogP contribution in [0.25, 0.3) is 16.7 Å². The van der Waals surface area contributed by atoms with Gasteiger partial charge >= 0.3 is 0 Å². The lowest BCUT2D eigenvalue weighted by Gasteiger charge is -2.05. The highest BCUT2D eigenvalue weighted by Gasteiger charge is 2.04. The Morgan fingerprint density at radius 3 is 2.94 bits per heavy atom. The monoisotopic (exact) mass is 225 g/mol. The predicted molar refractivity (Wildman–Crippen MR) is 65.4 cm³/mol. The molecule has 0 unspecified atom stereocenters. The number of hydrogen-bond acceptors (Lipinski definition) is 3. The first-order chi connectivity index (χ1) is 8.38. The third-order valence-corrected chi connectivity index (χ3v) is 2.67. The molecule has 4 nitrogen and oxygen atoms in total. The molecule has 2 aromatic heterocycles. The summed E-state index contributed by atoms with van der Waals surface area (Å²) in [6.45, 7) is 0. The van der Waals surface area contributed by atoms with E-state index in [1.165, 1.54) is 0 Å². The molecule has 84 valence electrons.